The van der Waals surface area contributed by atoms with Crippen LogP contribution in [0.3, 0.4) is 0 Å². The zero-order chi connectivity index (χ0) is 9.84. The van der Waals surface area contributed by atoms with Gasteiger partial charge in [0.1, 0.15) is 11.9 Å². The number of rotatable bonds is 3. The Morgan fingerprint density at radius 2 is 2.13 bits per heavy atom. The van der Waals surface area contributed by atoms with E-state index in [4.69, 9.17) is 16.6 Å². The van der Waals surface area contributed by atoms with E-state index in [0.29, 0.717) is 5.82 Å². The average Bonchev–Trinajstić information content (AvgIpc) is 2.04. The molecule has 0 saturated heterocycles. The number of carboxylic acid groups (broad SMARTS) is 1. The predicted octanol–water partition coefficient (Wildman–Crippen LogP) is 0.462. The summed E-state index contributed by atoms with van der Waals surface area (Å²) in [5.41, 5.74) is 11.5. The highest BCUT2D eigenvalue weighted by atomic mass is 35.5. The molecule has 0 spiro atoms. The van der Waals surface area contributed by atoms with E-state index in [1.807, 2.05) is 0 Å². The van der Waals surface area contributed by atoms with E-state index in [0.717, 1.165) is 5.56 Å². The molecule has 86 valence electrons. The van der Waals surface area contributed by atoms with Crippen molar-refractivity contribution in [3.63, 3.8) is 0 Å². The van der Waals surface area contributed by atoms with E-state index >= 15 is 0 Å². The van der Waals surface area contributed by atoms with Crippen molar-refractivity contribution in [3.8, 4) is 0 Å². The van der Waals surface area contributed by atoms with Crippen molar-refractivity contribution in [2.75, 3.05) is 5.73 Å². The van der Waals surface area contributed by atoms with Gasteiger partial charge in [0.15, 0.2) is 0 Å². The number of hydrogen-bond donors (Lipinski definition) is 3. The second kappa shape index (κ2) is 7.28. The third-order valence-electron chi connectivity index (χ3n) is 1.62. The van der Waals surface area contributed by atoms with Gasteiger partial charge < -0.3 is 16.6 Å². The summed E-state index contributed by atoms with van der Waals surface area (Å²) in [6, 6.07) is 2.42. The lowest BCUT2D eigenvalue weighted by Crippen LogP contribution is -2.32. The zero-order valence-corrected chi connectivity index (χ0v) is 9.42. The highest BCUT2D eigenvalue weighted by Gasteiger charge is 2.11. The molecule has 1 aromatic rings. The molecular weight excluding hydrogens is 241 g/mol. The summed E-state index contributed by atoms with van der Waals surface area (Å²) in [6.07, 6.45) is 1.79. The fourth-order valence-corrected chi connectivity index (χ4v) is 0.963. The lowest BCUT2D eigenvalue weighted by Gasteiger charge is -2.05. The van der Waals surface area contributed by atoms with Crippen LogP contribution in [0, 0.1) is 0 Å². The summed E-state index contributed by atoms with van der Waals surface area (Å²) >= 11 is 0. The maximum Gasteiger partial charge on any atom is 0.320 e. The minimum Gasteiger partial charge on any atom is -0.480 e. The Balaban J connectivity index is 0. The van der Waals surface area contributed by atoms with Crippen LogP contribution in [-0.2, 0) is 11.2 Å². The third kappa shape index (κ3) is 5.41. The number of nitrogens with zero attached hydrogens (tertiary/aromatic N) is 1. The molecule has 1 unspecified atom stereocenters. The number of aliphatic carboxylic acids is 1. The van der Waals surface area contributed by atoms with Crippen molar-refractivity contribution in [2.24, 2.45) is 5.73 Å². The van der Waals surface area contributed by atoms with Crippen molar-refractivity contribution in [1.29, 1.82) is 0 Å². The molecule has 0 aliphatic carbocycles. The molecule has 0 aliphatic heterocycles. The summed E-state index contributed by atoms with van der Waals surface area (Å²) in [5.74, 6) is -0.648. The summed E-state index contributed by atoms with van der Waals surface area (Å²) in [7, 11) is 0. The summed E-state index contributed by atoms with van der Waals surface area (Å²) in [6.45, 7) is 0. The topological polar surface area (TPSA) is 102 Å². The number of halogens is 2. The molecule has 0 radical (unpaired) electrons. The Hall–Kier alpha value is -1.04. The first-order valence-electron chi connectivity index (χ1n) is 3.78. The van der Waals surface area contributed by atoms with E-state index in [2.05, 4.69) is 4.98 Å². The number of carbonyl (C=O) groups is 1. The Morgan fingerprint density at radius 1 is 1.53 bits per heavy atom. The van der Waals surface area contributed by atoms with Crippen molar-refractivity contribution in [3.05, 3.63) is 23.9 Å². The number of nitrogen functional groups attached to an aromatic ring is 1. The molecule has 0 aliphatic rings. The molecule has 7 heteroatoms. The van der Waals surface area contributed by atoms with E-state index in [-0.39, 0.29) is 31.2 Å². The monoisotopic (exact) mass is 253 g/mol. The second-order valence-electron chi connectivity index (χ2n) is 2.74. The fraction of sp³-hybridized carbons (Fsp3) is 0.250. The van der Waals surface area contributed by atoms with Crippen LogP contribution in [0.1, 0.15) is 5.56 Å². The first-order valence-corrected chi connectivity index (χ1v) is 3.78. The van der Waals surface area contributed by atoms with Crippen LogP contribution in [0.5, 0.6) is 0 Å². The first kappa shape index (κ1) is 16.4. The van der Waals surface area contributed by atoms with Gasteiger partial charge in [0.05, 0.1) is 0 Å². The van der Waals surface area contributed by atoms with Gasteiger partial charge in [0, 0.05) is 6.20 Å². The molecule has 5 N–H and O–H groups in total. The normalized spacial score (nSPS) is 10.7. The maximum atomic E-state index is 10.4. The molecule has 1 atom stereocenters. The molecule has 0 fully saturated rings. The highest BCUT2D eigenvalue weighted by molar-refractivity contribution is 5.85. The molecule has 0 saturated carbocycles. The number of hydrogen-bond acceptors (Lipinski definition) is 4. The zero-order valence-electron chi connectivity index (χ0n) is 7.79. The number of pyridine rings is 1. The molecule has 0 amide bonds. The van der Waals surface area contributed by atoms with Crippen LogP contribution in [-0.4, -0.2) is 22.1 Å². The Labute approximate surface area is 99.7 Å². The molecule has 15 heavy (non-hydrogen) atoms. The van der Waals surface area contributed by atoms with Gasteiger partial charge in [-0.1, -0.05) is 0 Å². The van der Waals surface area contributed by atoms with Gasteiger partial charge in [-0.2, -0.15) is 0 Å². The molecule has 0 bridgehead atoms. The van der Waals surface area contributed by atoms with Gasteiger partial charge in [0.2, 0.25) is 0 Å². The van der Waals surface area contributed by atoms with E-state index in [1.54, 1.807) is 12.1 Å². The van der Waals surface area contributed by atoms with E-state index in [9.17, 15) is 4.79 Å². The Kier molecular flexibility index (Phi) is 7.95. The molecule has 1 heterocycles. The Bertz CT molecular complexity index is 323. The van der Waals surface area contributed by atoms with Crippen LogP contribution in [0.25, 0.3) is 0 Å². The van der Waals surface area contributed by atoms with Crippen molar-refractivity contribution in [2.45, 2.75) is 12.5 Å². The summed E-state index contributed by atoms with van der Waals surface area (Å²) < 4.78 is 0. The van der Waals surface area contributed by atoms with Gasteiger partial charge in [-0.25, -0.2) is 4.98 Å². The van der Waals surface area contributed by atoms with Crippen molar-refractivity contribution < 1.29 is 9.90 Å². The van der Waals surface area contributed by atoms with Crippen LogP contribution in [0.2, 0.25) is 0 Å². The van der Waals surface area contributed by atoms with Crippen LogP contribution >= 0.6 is 24.8 Å². The minimum atomic E-state index is -1.02. The van der Waals surface area contributed by atoms with Gasteiger partial charge >= 0.3 is 5.97 Å². The quantitative estimate of drug-likeness (QED) is 0.727. The molecule has 1 aromatic heterocycles. The SMILES string of the molecule is Cl.Cl.Nc1cc(CC(N)C(=O)O)ccn1. The second-order valence-corrected chi connectivity index (χ2v) is 2.74. The predicted molar refractivity (Wildman–Crippen MR) is 62.5 cm³/mol. The van der Waals surface area contributed by atoms with Gasteiger partial charge in [-0.15, -0.1) is 24.8 Å². The average molecular weight is 254 g/mol. The lowest BCUT2D eigenvalue weighted by atomic mass is 10.1. The van der Waals surface area contributed by atoms with Crippen molar-refractivity contribution in [1.82, 2.24) is 4.98 Å². The highest BCUT2D eigenvalue weighted by Crippen LogP contribution is 2.05. The summed E-state index contributed by atoms with van der Waals surface area (Å²) in [5, 5.41) is 8.54. The largest absolute Gasteiger partial charge is 0.480 e. The summed E-state index contributed by atoms with van der Waals surface area (Å²) in [4.78, 5) is 14.2. The molecule has 0 aromatic carbocycles. The lowest BCUT2D eigenvalue weighted by molar-refractivity contribution is -0.138. The molecular formula is C8H13Cl2N3O2. The van der Waals surface area contributed by atoms with Crippen LogP contribution in [0.4, 0.5) is 5.82 Å². The number of carboxylic acids is 1. The van der Waals surface area contributed by atoms with Gasteiger partial charge in [-0.3, -0.25) is 4.79 Å². The van der Waals surface area contributed by atoms with E-state index < -0.39 is 12.0 Å². The standard InChI is InChI=1S/C8H11N3O2.2ClH/c9-6(8(12)13)3-5-1-2-11-7(10)4-5;;/h1-2,4,6H,3,9H2,(H2,10,11)(H,12,13);2*1H. The van der Waals surface area contributed by atoms with Crippen LogP contribution < -0.4 is 11.5 Å². The third-order valence-corrected chi connectivity index (χ3v) is 1.62. The Morgan fingerprint density at radius 3 is 2.60 bits per heavy atom. The van der Waals surface area contributed by atoms with Crippen LogP contribution in [0.15, 0.2) is 18.3 Å². The fourth-order valence-electron chi connectivity index (χ4n) is 0.963. The molecule has 1 rings (SSSR count). The smallest absolute Gasteiger partial charge is 0.320 e. The number of anilines is 1. The maximum absolute atomic E-state index is 10.4. The molecule has 5 nitrogen and oxygen atoms in total. The van der Waals surface area contributed by atoms with E-state index in [1.165, 1.54) is 6.20 Å². The van der Waals surface area contributed by atoms with Gasteiger partial charge in [-0.05, 0) is 24.1 Å². The first-order chi connectivity index (χ1) is 6.09. The van der Waals surface area contributed by atoms with Crippen molar-refractivity contribution >= 4 is 36.6 Å². The number of nitrogens with two attached hydrogens (primary N) is 2. The van der Waals surface area contributed by atoms with Gasteiger partial charge in [0.25, 0.3) is 0 Å². The minimum absolute atomic E-state index is 0. The number of aromatic nitrogens is 1.